The normalized spacial score (nSPS) is 19.4. The molecule has 1 saturated heterocycles. The van der Waals surface area contributed by atoms with Crippen molar-refractivity contribution in [2.75, 3.05) is 19.7 Å². The lowest BCUT2D eigenvalue weighted by molar-refractivity contribution is -0.182. The third kappa shape index (κ3) is 3.85. The van der Waals surface area contributed by atoms with Crippen LogP contribution in [0.25, 0.3) is 5.69 Å². The summed E-state index contributed by atoms with van der Waals surface area (Å²) in [7, 11) is 0. The summed E-state index contributed by atoms with van der Waals surface area (Å²) in [5.41, 5.74) is 1.25. The number of ether oxygens (including phenoxy) is 1. The van der Waals surface area contributed by atoms with E-state index in [9.17, 15) is 18.4 Å². The maximum atomic E-state index is 14.4. The minimum atomic E-state index is -3.03. The second kappa shape index (κ2) is 8.13. The number of piperidine rings is 1. The number of nitrogens with zero attached hydrogens (tertiary/aromatic N) is 4. The minimum Gasteiger partial charge on any atom is -0.363 e. The van der Waals surface area contributed by atoms with Crippen LogP contribution in [-0.4, -0.2) is 34.4 Å². The van der Waals surface area contributed by atoms with Gasteiger partial charge in [0.25, 0.3) is 5.92 Å². The molecule has 172 valence electrons. The molecular weight excluding hydrogens is 473 g/mol. The molecule has 5 nitrogen and oxygen atoms in total. The molecule has 0 radical (unpaired) electrons. The van der Waals surface area contributed by atoms with E-state index in [0.717, 1.165) is 11.3 Å². The largest absolute Gasteiger partial charge is 0.363 e. The summed E-state index contributed by atoms with van der Waals surface area (Å²) in [4.78, 5) is 2.74. The number of fused-ring (bicyclic) bond motifs is 2. The predicted octanol–water partition coefficient (Wildman–Crippen LogP) is 5.52. The molecule has 1 spiro atoms. The molecule has 33 heavy (non-hydrogen) atoms. The Balaban J connectivity index is 1.34. The van der Waals surface area contributed by atoms with Gasteiger partial charge >= 0.3 is 0 Å². The van der Waals surface area contributed by atoms with Crippen LogP contribution in [-0.2, 0) is 22.8 Å². The van der Waals surface area contributed by atoms with Crippen LogP contribution >= 0.6 is 22.9 Å². The van der Waals surface area contributed by atoms with E-state index in [-0.39, 0.29) is 16.8 Å². The van der Waals surface area contributed by atoms with Crippen LogP contribution in [0.1, 0.15) is 40.1 Å². The molecule has 5 rings (SSSR count). The summed E-state index contributed by atoms with van der Waals surface area (Å²) in [6, 6.07) is 7.72. The third-order valence-corrected chi connectivity index (χ3v) is 7.88. The highest BCUT2D eigenvalue weighted by atomic mass is 35.5. The second-order valence-electron chi connectivity index (χ2n) is 8.49. The van der Waals surface area contributed by atoms with Crippen LogP contribution in [0.3, 0.4) is 0 Å². The Bertz CT molecular complexity index is 1260. The lowest BCUT2D eigenvalue weighted by Gasteiger charge is -2.45. The standard InChI is InChI=1S/C23H20ClF3N4OS/c1-14-16(12-31(29-14)20-15(10-28)3-2-4-18(20)25)11-30-7-5-22(6-8-30)21-17(9-19(24)33-21)23(26,27)13-32-22/h2-4,9,12H,5-8,11,13H2,1H3. The number of para-hydroxylation sites is 1. The zero-order chi connectivity index (χ0) is 23.4. The Morgan fingerprint density at radius 2 is 2.06 bits per heavy atom. The molecule has 1 fully saturated rings. The van der Waals surface area contributed by atoms with Gasteiger partial charge in [0.15, 0.2) is 0 Å². The summed E-state index contributed by atoms with van der Waals surface area (Å²) in [5, 5.41) is 13.8. The summed E-state index contributed by atoms with van der Waals surface area (Å²) in [5.74, 6) is -3.54. The van der Waals surface area contributed by atoms with Crippen molar-refractivity contribution in [3.05, 3.63) is 67.9 Å². The first-order valence-corrected chi connectivity index (χ1v) is 11.7. The number of aromatic nitrogens is 2. The Labute approximate surface area is 197 Å². The molecule has 0 aliphatic carbocycles. The van der Waals surface area contributed by atoms with E-state index in [1.54, 1.807) is 12.3 Å². The molecule has 4 heterocycles. The van der Waals surface area contributed by atoms with E-state index in [1.807, 2.05) is 13.0 Å². The lowest BCUT2D eigenvalue weighted by Crippen LogP contribution is -2.48. The fourth-order valence-corrected chi connectivity index (χ4v) is 6.11. The Kier molecular flexibility index (Phi) is 5.52. The van der Waals surface area contributed by atoms with E-state index in [1.165, 1.54) is 34.2 Å². The summed E-state index contributed by atoms with van der Waals surface area (Å²) < 4.78 is 50.6. The highest BCUT2D eigenvalue weighted by Crippen LogP contribution is 2.52. The Morgan fingerprint density at radius 1 is 1.30 bits per heavy atom. The first-order valence-electron chi connectivity index (χ1n) is 10.5. The van der Waals surface area contributed by atoms with Gasteiger partial charge in [-0.05, 0) is 38.0 Å². The third-order valence-electron chi connectivity index (χ3n) is 6.43. The highest BCUT2D eigenvalue weighted by Gasteiger charge is 2.51. The van der Waals surface area contributed by atoms with Crippen LogP contribution in [0, 0.1) is 24.1 Å². The number of halogens is 4. The van der Waals surface area contributed by atoms with Gasteiger partial charge in [0.2, 0.25) is 0 Å². The molecule has 1 aromatic carbocycles. The minimum absolute atomic E-state index is 0.00694. The summed E-state index contributed by atoms with van der Waals surface area (Å²) in [6.07, 6.45) is 2.89. The molecule has 0 unspecified atom stereocenters. The van der Waals surface area contributed by atoms with E-state index in [2.05, 4.69) is 10.00 Å². The van der Waals surface area contributed by atoms with Crippen molar-refractivity contribution in [3.63, 3.8) is 0 Å². The van der Waals surface area contributed by atoms with Gasteiger partial charge in [0, 0.05) is 41.8 Å². The highest BCUT2D eigenvalue weighted by molar-refractivity contribution is 7.16. The maximum absolute atomic E-state index is 14.4. The molecule has 0 N–H and O–H groups in total. The number of aryl methyl sites for hydroxylation is 1. The number of benzene rings is 1. The van der Waals surface area contributed by atoms with Gasteiger partial charge < -0.3 is 4.74 Å². The van der Waals surface area contributed by atoms with Crippen molar-refractivity contribution in [1.82, 2.24) is 14.7 Å². The average Bonchev–Trinajstić information content (AvgIpc) is 3.36. The zero-order valence-electron chi connectivity index (χ0n) is 17.7. The van der Waals surface area contributed by atoms with Gasteiger partial charge in [-0.15, -0.1) is 11.3 Å². The van der Waals surface area contributed by atoms with E-state index < -0.39 is 23.9 Å². The number of hydrogen-bond acceptors (Lipinski definition) is 5. The van der Waals surface area contributed by atoms with Crippen molar-refractivity contribution in [2.24, 2.45) is 0 Å². The Hall–Kier alpha value is -2.38. The van der Waals surface area contributed by atoms with Gasteiger partial charge in [0.1, 0.15) is 29.8 Å². The van der Waals surface area contributed by atoms with E-state index in [4.69, 9.17) is 16.3 Å². The molecular formula is C23H20ClF3N4OS. The lowest BCUT2D eigenvalue weighted by atomic mass is 9.84. The number of rotatable bonds is 3. The van der Waals surface area contributed by atoms with Crippen molar-refractivity contribution >= 4 is 22.9 Å². The maximum Gasteiger partial charge on any atom is 0.297 e. The number of alkyl halides is 2. The van der Waals surface area contributed by atoms with E-state index in [0.29, 0.717) is 41.7 Å². The molecule has 0 amide bonds. The van der Waals surface area contributed by atoms with Gasteiger partial charge in [-0.25, -0.2) is 9.07 Å². The van der Waals surface area contributed by atoms with Crippen molar-refractivity contribution in [1.29, 1.82) is 5.26 Å². The smallest absolute Gasteiger partial charge is 0.297 e. The molecule has 3 aromatic rings. The quantitative estimate of drug-likeness (QED) is 0.483. The summed E-state index contributed by atoms with van der Waals surface area (Å²) >= 11 is 7.26. The van der Waals surface area contributed by atoms with Gasteiger partial charge in [-0.1, -0.05) is 17.7 Å². The van der Waals surface area contributed by atoms with Crippen LogP contribution < -0.4 is 0 Å². The first kappa shape index (κ1) is 22.4. The number of likely N-dealkylation sites (tertiary alicyclic amines) is 1. The molecule has 2 aromatic heterocycles. The van der Waals surface area contributed by atoms with E-state index >= 15 is 0 Å². The van der Waals surface area contributed by atoms with Crippen molar-refractivity contribution in [2.45, 2.75) is 37.8 Å². The average molecular weight is 493 g/mol. The number of thiophene rings is 1. The molecule has 0 atom stereocenters. The molecule has 2 aliphatic rings. The van der Waals surface area contributed by atoms with Crippen LogP contribution in [0.5, 0.6) is 0 Å². The van der Waals surface area contributed by atoms with Gasteiger partial charge in [-0.3, -0.25) is 4.90 Å². The fraction of sp³-hybridized carbons (Fsp3) is 0.391. The number of hydrogen-bond donors (Lipinski definition) is 0. The van der Waals surface area contributed by atoms with Crippen LogP contribution in [0.2, 0.25) is 4.34 Å². The van der Waals surface area contributed by atoms with Crippen LogP contribution in [0.15, 0.2) is 30.5 Å². The van der Waals surface area contributed by atoms with Crippen molar-refractivity contribution < 1.29 is 17.9 Å². The molecule has 0 bridgehead atoms. The summed E-state index contributed by atoms with van der Waals surface area (Å²) in [6.45, 7) is 3.08. The molecule has 0 saturated carbocycles. The number of nitriles is 1. The zero-order valence-corrected chi connectivity index (χ0v) is 19.3. The predicted molar refractivity (Wildman–Crippen MR) is 118 cm³/mol. The Morgan fingerprint density at radius 3 is 2.79 bits per heavy atom. The van der Waals surface area contributed by atoms with Gasteiger partial charge in [0.05, 0.1) is 15.6 Å². The topological polar surface area (TPSA) is 54.1 Å². The van der Waals surface area contributed by atoms with Crippen LogP contribution in [0.4, 0.5) is 13.2 Å². The fourth-order valence-electron chi connectivity index (χ4n) is 4.63. The van der Waals surface area contributed by atoms with Gasteiger partial charge in [-0.2, -0.15) is 19.1 Å². The first-order chi connectivity index (χ1) is 15.7. The second-order valence-corrected chi connectivity index (χ2v) is 10.2. The SMILES string of the molecule is Cc1nn(-c2c(F)cccc2C#N)cc1CN1CCC2(CC1)OCC(F)(F)c1cc(Cl)sc12. The monoisotopic (exact) mass is 492 g/mol. The molecule has 10 heteroatoms. The molecule has 2 aliphatic heterocycles. The van der Waals surface area contributed by atoms with Crippen molar-refractivity contribution in [3.8, 4) is 11.8 Å².